The lowest BCUT2D eigenvalue weighted by Gasteiger charge is -2.06. The highest BCUT2D eigenvalue weighted by atomic mass is 15.3. The molecule has 1 aliphatic heterocycles. The molecule has 0 amide bonds. The number of rotatable bonds is 1. The fourth-order valence-electron chi connectivity index (χ4n) is 2.07. The van der Waals surface area contributed by atoms with Crippen molar-refractivity contribution in [3.05, 3.63) is 41.7 Å². The molecule has 16 heavy (non-hydrogen) atoms. The van der Waals surface area contributed by atoms with E-state index in [-0.39, 0.29) is 0 Å². The number of nitrogens with zero attached hydrogens (tertiary/aromatic N) is 3. The first kappa shape index (κ1) is 9.42. The third kappa shape index (κ3) is 1.47. The molecule has 82 valence electrons. The molecule has 0 radical (unpaired) electrons. The van der Waals surface area contributed by atoms with Crippen LogP contribution in [-0.4, -0.2) is 21.7 Å². The number of nitrogen functional groups attached to an aromatic ring is 1. The van der Waals surface area contributed by atoms with Crippen molar-refractivity contribution in [1.82, 2.24) is 14.7 Å². The van der Waals surface area contributed by atoms with Gasteiger partial charge in [-0.3, -0.25) is 4.90 Å². The Bertz CT molecular complexity index is 489. The fourth-order valence-corrected chi connectivity index (χ4v) is 2.07. The predicted molar refractivity (Wildman–Crippen MR) is 63.1 cm³/mol. The summed E-state index contributed by atoms with van der Waals surface area (Å²) in [6, 6.07) is 7.77. The molecule has 1 aliphatic rings. The first-order valence-corrected chi connectivity index (χ1v) is 5.34. The molecular formula is C12H14N4. The van der Waals surface area contributed by atoms with Crippen LogP contribution in [0.15, 0.2) is 30.5 Å². The van der Waals surface area contributed by atoms with E-state index >= 15 is 0 Å². The van der Waals surface area contributed by atoms with Crippen molar-refractivity contribution in [3.8, 4) is 5.69 Å². The van der Waals surface area contributed by atoms with Gasteiger partial charge in [0.2, 0.25) is 0 Å². The van der Waals surface area contributed by atoms with Crippen molar-refractivity contribution in [1.29, 1.82) is 0 Å². The molecule has 3 rings (SSSR count). The van der Waals surface area contributed by atoms with Gasteiger partial charge in [-0.15, -0.1) is 0 Å². The van der Waals surface area contributed by atoms with Crippen LogP contribution in [0.25, 0.3) is 5.69 Å². The van der Waals surface area contributed by atoms with Crippen LogP contribution in [0.1, 0.15) is 11.3 Å². The molecule has 0 spiro atoms. The quantitative estimate of drug-likeness (QED) is 0.730. The summed E-state index contributed by atoms with van der Waals surface area (Å²) in [5.74, 6) is 0. The van der Waals surface area contributed by atoms with Gasteiger partial charge in [0.1, 0.15) is 0 Å². The van der Waals surface area contributed by atoms with Crippen LogP contribution < -0.4 is 5.73 Å². The monoisotopic (exact) mass is 214 g/mol. The van der Waals surface area contributed by atoms with Crippen molar-refractivity contribution in [2.45, 2.75) is 13.1 Å². The van der Waals surface area contributed by atoms with Crippen LogP contribution in [-0.2, 0) is 13.1 Å². The Morgan fingerprint density at radius 1 is 1.19 bits per heavy atom. The van der Waals surface area contributed by atoms with E-state index in [2.05, 4.69) is 23.2 Å². The number of hydrogen-bond acceptors (Lipinski definition) is 3. The number of benzene rings is 1. The number of anilines is 1. The van der Waals surface area contributed by atoms with Crippen molar-refractivity contribution in [3.63, 3.8) is 0 Å². The highest BCUT2D eigenvalue weighted by molar-refractivity contribution is 5.45. The molecule has 0 bridgehead atoms. The normalized spacial score (nSPS) is 15.3. The van der Waals surface area contributed by atoms with E-state index in [1.807, 2.05) is 28.9 Å². The Hall–Kier alpha value is -1.81. The van der Waals surface area contributed by atoms with Crippen LogP contribution in [0.5, 0.6) is 0 Å². The summed E-state index contributed by atoms with van der Waals surface area (Å²) >= 11 is 0. The van der Waals surface area contributed by atoms with Crippen molar-refractivity contribution >= 4 is 5.69 Å². The van der Waals surface area contributed by atoms with Gasteiger partial charge in [-0.2, -0.15) is 5.10 Å². The van der Waals surface area contributed by atoms with Gasteiger partial charge in [0, 0.05) is 30.5 Å². The maximum atomic E-state index is 5.66. The molecule has 4 nitrogen and oxygen atoms in total. The van der Waals surface area contributed by atoms with Crippen molar-refractivity contribution in [2.24, 2.45) is 0 Å². The Balaban J connectivity index is 1.97. The van der Waals surface area contributed by atoms with Gasteiger partial charge in [-0.25, -0.2) is 4.68 Å². The molecular weight excluding hydrogens is 200 g/mol. The summed E-state index contributed by atoms with van der Waals surface area (Å²) in [6.45, 7) is 1.93. The minimum absolute atomic E-state index is 0.781. The molecule has 2 heterocycles. The minimum Gasteiger partial charge on any atom is -0.399 e. The molecule has 0 fully saturated rings. The second kappa shape index (κ2) is 3.35. The molecule has 2 aromatic rings. The highest BCUT2D eigenvalue weighted by Gasteiger charge is 2.19. The fraction of sp³-hybridized carbons (Fsp3) is 0.250. The second-order valence-electron chi connectivity index (χ2n) is 4.31. The highest BCUT2D eigenvalue weighted by Crippen LogP contribution is 2.21. The SMILES string of the molecule is CN1Cc2cn(-c3ccc(N)cc3)nc2C1. The van der Waals surface area contributed by atoms with Gasteiger partial charge < -0.3 is 5.73 Å². The first-order valence-electron chi connectivity index (χ1n) is 5.34. The summed E-state index contributed by atoms with van der Waals surface area (Å²) in [5.41, 5.74) is 10.00. The van der Waals surface area contributed by atoms with E-state index in [1.165, 1.54) is 11.3 Å². The Morgan fingerprint density at radius 3 is 2.62 bits per heavy atom. The average molecular weight is 214 g/mol. The summed E-state index contributed by atoms with van der Waals surface area (Å²) in [5, 5.41) is 4.58. The van der Waals surface area contributed by atoms with E-state index in [0.29, 0.717) is 0 Å². The zero-order valence-electron chi connectivity index (χ0n) is 9.22. The van der Waals surface area contributed by atoms with Gasteiger partial charge in [0.05, 0.1) is 11.4 Å². The van der Waals surface area contributed by atoms with E-state index in [9.17, 15) is 0 Å². The summed E-state index contributed by atoms with van der Waals surface area (Å²) < 4.78 is 1.93. The average Bonchev–Trinajstić information content (AvgIpc) is 2.75. The maximum absolute atomic E-state index is 5.66. The lowest BCUT2D eigenvalue weighted by Crippen LogP contribution is -2.10. The van der Waals surface area contributed by atoms with Crippen molar-refractivity contribution in [2.75, 3.05) is 12.8 Å². The van der Waals surface area contributed by atoms with Gasteiger partial charge in [-0.05, 0) is 31.3 Å². The van der Waals surface area contributed by atoms with Gasteiger partial charge >= 0.3 is 0 Å². The minimum atomic E-state index is 0.781. The molecule has 1 aromatic carbocycles. The molecule has 0 aliphatic carbocycles. The standard InChI is InChI=1S/C12H14N4/c1-15-6-9-7-16(14-12(9)8-15)11-4-2-10(13)3-5-11/h2-5,7H,6,8,13H2,1H3. The van der Waals surface area contributed by atoms with Crippen molar-refractivity contribution < 1.29 is 0 Å². The largest absolute Gasteiger partial charge is 0.399 e. The van der Waals surface area contributed by atoms with Crippen LogP contribution in [0, 0.1) is 0 Å². The third-order valence-corrected chi connectivity index (χ3v) is 2.89. The molecule has 1 aromatic heterocycles. The molecule has 0 unspecified atom stereocenters. The zero-order valence-corrected chi connectivity index (χ0v) is 9.22. The molecule has 0 atom stereocenters. The van der Waals surface area contributed by atoms with E-state index < -0.39 is 0 Å². The molecule has 4 heteroatoms. The zero-order chi connectivity index (χ0) is 11.1. The van der Waals surface area contributed by atoms with Crippen LogP contribution in [0.4, 0.5) is 5.69 Å². The third-order valence-electron chi connectivity index (χ3n) is 2.89. The van der Waals surface area contributed by atoms with Gasteiger partial charge in [0.25, 0.3) is 0 Å². The Morgan fingerprint density at radius 2 is 1.94 bits per heavy atom. The van der Waals surface area contributed by atoms with Gasteiger partial charge in [0.15, 0.2) is 0 Å². The maximum Gasteiger partial charge on any atom is 0.0814 e. The number of nitrogens with two attached hydrogens (primary N) is 1. The number of fused-ring (bicyclic) bond motifs is 1. The van der Waals surface area contributed by atoms with E-state index in [4.69, 9.17) is 5.73 Å². The summed E-state index contributed by atoms with van der Waals surface area (Å²) in [4.78, 5) is 2.25. The Kier molecular flexibility index (Phi) is 1.97. The van der Waals surface area contributed by atoms with Crippen LogP contribution >= 0.6 is 0 Å². The summed E-state index contributed by atoms with van der Waals surface area (Å²) in [7, 11) is 2.11. The predicted octanol–water partition coefficient (Wildman–Crippen LogP) is 1.40. The van der Waals surface area contributed by atoms with E-state index in [1.54, 1.807) is 0 Å². The first-order chi connectivity index (χ1) is 7.72. The van der Waals surface area contributed by atoms with Crippen LogP contribution in [0.3, 0.4) is 0 Å². The smallest absolute Gasteiger partial charge is 0.0814 e. The molecule has 0 saturated carbocycles. The molecule has 2 N–H and O–H groups in total. The van der Waals surface area contributed by atoms with Gasteiger partial charge in [-0.1, -0.05) is 0 Å². The topological polar surface area (TPSA) is 47.1 Å². The summed E-state index contributed by atoms with van der Waals surface area (Å²) in [6.07, 6.45) is 2.10. The lowest BCUT2D eigenvalue weighted by molar-refractivity contribution is 0.347. The Labute approximate surface area is 94.3 Å². The van der Waals surface area contributed by atoms with E-state index in [0.717, 1.165) is 24.5 Å². The lowest BCUT2D eigenvalue weighted by atomic mass is 10.3. The molecule has 0 saturated heterocycles. The van der Waals surface area contributed by atoms with Crippen LogP contribution in [0.2, 0.25) is 0 Å². The number of hydrogen-bond donors (Lipinski definition) is 1. The number of aromatic nitrogens is 2. The second-order valence-corrected chi connectivity index (χ2v) is 4.31.